The summed E-state index contributed by atoms with van der Waals surface area (Å²) in [6, 6.07) is 11.8. The van der Waals surface area contributed by atoms with Crippen LogP contribution in [0.2, 0.25) is 0 Å². The third-order valence-electron chi connectivity index (χ3n) is 5.85. The van der Waals surface area contributed by atoms with Crippen LogP contribution in [-0.4, -0.2) is 10.2 Å². The maximum Gasteiger partial charge on any atom is 0.119 e. The maximum atomic E-state index is 10.4. The summed E-state index contributed by atoms with van der Waals surface area (Å²) < 4.78 is 0. The first-order valence-electron chi connectivity index (χ1n) is 10.3. The van der Waals surface area contributed by atoms with Crippen molar-refractivity contribution < 1.29 is 10.2 Å². The van der Waals surface area contributed by atoms with Gasteiger partial charge >= 0.3 is 0 Å². The molecule has 0 heterocycles. The number of phenols is 2. The van der Waals surface area contributed by atoms with E-state index >= 15 is 0 Å². The van der Waals surface area contributed by atoms with E-state index in [9.17, 15) is 10.2 Å². The average molecular weight is 369 g/mol. The van der Waals surface area contributed by atoms with Gasteiger partial charge in [-0.2, -0.15) is 0 Å². The second kappa shape index (κ2) is 8.37. The minimum absolute atomic E-state index is 0.0736. The topological polar surface area (TPSA) is 40.5 Å². The second-order valence-electron chi connectivity index (χ2n) is 9.13. The van der Waals surface area contributed by atoms with Crippen molar-refractivity contribution in [2.75, 3.05) is 0 Å². The van der Waals surface area contributed by atoms with Crippen molar-refractivity contribution >= 4 is 0 Å². The molecule has 2 nitrogen and oxygen atoms in total. The van der Waals surface area contributed by atoms with Gasteiger partial charge in [0.2, 0.25) is 0 Å². The number of rotatable bonds is 8. The standard InChI is InChI=1S/C25H36O2/c1-7-13-24(3,4)20-9-11-22(26)18(16-20)15-19-17-21(10-12-23(19)27)25(5,6)14-8-2/h9-12,16-17,26-27H,7-8,13-15H2,1-6H3. The summed E-state index contributed by atoms with van der Waals surface area (Å²) >= 11 is 0. The summed E-state index contributed by atoms with van der Waals surface area (Å²) in [5, 5.41) is 20.8. The molecule has 0 unspecified atom stereocenters. The van der Waals surface area contributed by atoms with Gasteiger partial charge in [0.1, 0.15) is 11.5 Å². The van der Waals surface area contributed by atoms with Crippen LogP contribution >= 0.6 is 0 Å². The molecule has 0 saturated carbocycles. The SMILES string of the molecule is CCCC(C)(C)c1ccc(O)c(Cc2cc(C(C)(C)CCC)ccc2O)c1. The van der Waals surface area contributed by atoms with E-state index in [1.54, 1.807) is 12.1 Å². The molecule has 2 aromatic rings. The van der Waals surface area contributed by atoms with Gasteiger partial charge in [-0.25, -0.2) is 0 Å². The van der Waals surface area contributed by atoms with E-state index in [1.807, 2.05) is 12.1 Å². The van der Waals surface area contributed by atoms with Crippen LogP contribution in [0.1, 0.15) is 89.5 Å². The first-order chi connectivity index (χ1) is 12.6. The van der Waals surface area contributed by atoms with Crippen LogP contribution in [0, 0.1) is 0 Å². The normalized spacial score (nSPS) is 12.4. The lowest BCUT2D eigenvalue weighted by atomic mass is 9.79. The molecule has 2 aromatic carbocycles. The molecule has 0 bridgehead atoms. The van der Waals surface area contributed by atoms with Crippen LogP contribution in [0.5, 0.6) is 11.5 Å². The lowest BCUT2D eigenvalue weighted by Crippen LogP contribution is -2.17. The fraction of sp³-hybridized carbons (Fsp3) is 0.520. The van der Waals surface area contributed by atoms with Gasteiger partial charge in [0.15, 0.2) is 0 Å². The van der Waals surface area contributed by atoms with Crippen LogP contribution in [0.25, 0.3) is 0 Å². The van der Waals surface area contributed by atoms with Gasteiger partial charge < -0.3 is 10.2 Å². The summed E-state index contributed by atoms with van der Waals surface area (Å²) in [7, 11) is 0. The Morgan fingerprint density at radius 2 is 1.04 bits per heavy atom. The lowest BCUT2D eigenvalue weighted by Gasteiger charge is -2.26. The molecular formula is C25H36O2. The van der Waals surface area contributed by atoms with Crippen molar-refractivity contribution in [2.24, 2.45) is 0 Å². The Labute approximate surface area is 165 Å². The first-order valence-corrected chi connectivity index (χ1v) is 10.3. The Morgan fingerprint density at radius 1 is 0.667 bits per heavy atom. The van der Waals surface area contributed by atoms with Crippen LogP contribution in [0.15, 0.2) is 36.4 Å². The smallest absolute Gasteiger partial charge is 0.119 e. The summed E-state index contributed by atoms with van der Waals surface area (Å²) in [6.07, 6.45) is 4.98. The Bertz CT molecular complexity index is 706. The van der Waals surface area contributed by atoms with Gasteiger partial charge in [0.05, 0.1) is 0 Å². The maximum absolute atomic E-state index is 10.4. The second-order valence-corrected chi connectivity index (χ2v) is 9.13. The third-order valence-corrected chi connectivity index (χ3v) is 5.85. The van der Waals surface area contributed by atoms with E-state index in [-0.39, 0.29) is 10.8 Å². The molecular weight excluding hydrogens is 332 g/mol. The summed E-state index contributed by atoms with van der Waals surface area (Å²) in [4.78, 5) is 0. The van der Waals surface area contributed by atoms with Crippen molar-refractivity contribution in [3.63, 3.8) is 0 Å². The monoisotopic (exact) mass is 368 g/mol. The largest absolute Gasteiger partial charge is 0.508 e. The van der Waals surface area contributed by atoms with Crippen LogP contribution < -0.4 is 0 Å². The highest BCUT2D eigenvalue weighted by Crippen LogP contribution is 2.35. The third kappa shape index (κ3) is 5.06. The van der Waals surface area contributed by atoms with Crippen molar-refractivity contribution in [1.29, 1.82) is 0 Å². The first kappa shape index (κ1) is 21.3. The zero-order valence-electron chi connectivity index (χ0n) is 17.9. The molecule has 148 valence electrons. The molecule has 27 heavy (non-hydrogen) atoms. The molecule has 0 aliphatic rings. The van der Waals surface area contributed by atoms with Crippen molar-refractivity contribution in [3.05, 3.63) is 58.7 Å². The molecule has 0 radical (unpaired) electrons. The van der Waals surface area contributed by atoms with Crippen molar-refractivity contribution in [1.82, 2.24) is 0 Å². The van der Waals surface area contributed by atoms with Crippen LogP contribution in [0.3, 0.4) is 0 Å². The molecule has 2 N–H and O–H groups in total. The predicted octanol–water partition coefficient (Wildman–Crippen LogP) is 6.84. The number of phenolic OH excluding ortho intramolecular Hbond substituents is 2. The van der Waals surface area contributed by atoms with E-state index in [4.69, 9.17) is 0 Å². The Morgan fingerprint density at radius 3 is 1.37 bits per heavy atom. The number of aromatic hydroxyl groups is 2. The number of hydrogen-bond donors (Lipinski definition) is 2. The molecule has 2 rings (SSSR count). The zero-order valence-corrected chi connectivity index (χ0v) is 17.9. The Hall–Kier alpha value is -1.96. The zero-order chi connectivity index (χ0) is 20.2. The van der Waals surface area contributed by atoms with Crippen LogP contribution in [-0.2, 0) is 17.3 Å². The molecule has 0 fully saturated rings. The van der Waals surface area contributed by atoms with E-state index in [2.05, 4.69) is 53.7 Å². The average Bonchev–Trinajstić information content (AvgIpc) is 2.58. The van der Waals surface area contributed by atoms with Gasteiger partial charge in [-0.05, 0) is 58.1 Å². The van der Waals surface area contributed by atoms with E-state index in [0.717, 1.165) is 36.8 Å². The van der Waals surface area contributed by atoms with Crippen molar-refractivity contribution in [2.45, 2.75) is 84.5 Å². The fourth-order valence-corrected chi connectivity index (χ4v) is 4.04. The van der Waals surface area contributed by atoms with E-state index < -0.39 is 0 Å². The lowest BCUT2D eigenvalue weighted by molar-refractivity contribution is 0.453. The van der Waals surface area contributed by atoms with Gasteiger partial charge in [0, 0.05) is 6.42 Å². The van der Waals surface area contributed by atoms with Gasteiger partial charge in [-0.15, -0.1) is 0 Å². The minimum Gasteiger partial charge on any atom is -0.508 e. The quantitative estimate of drug-likeness (QED) is 0.535. The molecule has 2 heteroatoms. The van der Waals surface area contributed by atoms with Gasteiger partial charge in [0.25, 0.3) is 0 Å². The van der Waals surface area contributed by atoms with E-state index in [0.29, 0.717) is 17.9 Å². The molecule has 0 amide bonds. The highest BCUT2D eigenvalue weighted by Gasteiger charge is 2.23. The molecule has 0 saturated heterocycles. The summed E-state index contributed by atoms with van der Waals surface area (Å²) in [5.74, 6) is 0.590. The highest BCUT2D eigenvalue weighted by molar-refractivity contribution is 5.46. The number of benzene rings is 2. The minimum atomic E-state index is 0.0736. The van der Waals surface area contributed by atoms with Crippen LogP contribution in [0.4, 0.5) is 0 Å². The highest BCUT2D eigenvalue weighted by atomic mass is 16.3. The molecule has 0 aliphatic carbocycles. The summed E-state index contributed by atoms with van der Waals surface area (Å²) in [5.41, 5.74) is 4.36. The predicted molar refractivity (Wildman–Crippen MR) is 115 cm³/mol. The number of hydrogen-bond acceptors (Lipinski definition) is 2. The fourth-order valence-electron chi connectivity index (χ4n) is 4.04. The Balaban J connectivity index is 2.39. The van der Waals surface area contributed by atoms with Gasteiger partial charge in [-0.3, -0.25) is 0 Å². The molecule has 0 atom stereocenters. The van der Waals surface area contributed by atoms with Crippen molar-refractivity contribution in [3.8, 4) is 11.5 Å². The molecule has 0 aliphatic heterocycles. The molecule has 0 spiro atoms. The van der Waals surface area contributed by atoms with E-state index in [1.165, 1.54) is 11.1 Å². The van der Waals surface area contributed by atoms with Gasteiger partial charge in [-0.1, -0.05) is 78.6 Å². The Kier molecular flexibility index (Phi) is 6.62. The summed E-state index contributed by atoms with van der Waals surface area (Å²) in [6.45, 7) is 13.4. The molecule has 0 aromatic heterocycles.